The minimum Gasteiger partial charge on any atom is -0.479 e. The van der Waals surface area contributed by atoms with E-state index in [1.807, 2.05) is 4.90 Å². The summed E-state index contributed by atoms with van der Waals surface area (Å²) in [5.41, 5.74) is 0. The molecule has 0 aromatic carbocycles. The van der Waals surface area contributed by atoms with Crippen LogP contribution in [0.15, 0.2) is 0 Å². The van der Waals surface area contributed by atoms with Gasteiger partial charge in [-0.05, 0) is 43.9 Å². The minimum absolute atomic E-state index is 0.0156. The smallest absolute Gasteiger partial charge is 0.332 e. The molecular formula is C15H25NO4. The van der Waals surface area contributed by atoms with Crippen LogP contribution in [-0.2, 0) is 14.3 Å². The summed E-state index contributed by atoms with van der Waals surface area (Å²) in [4.78, 5) is 25.1. The van der Waals surface area contributed by atoms with Crippen LogP contribution in [0.4, 0.5) is 0 Å². The van der Waals surface area contributed by atoms with Gasteiger partial charge in [0, 0.05) is 13.1 Å². The van der Waals surface area contributed by atoms with E-state index in [0.717, 1.165) is 25.9 Å². The molecule has 20 heavy (non-hydrogen) atoms. The molecule has 2 rings (SSSR count). The van der Waals surface area contributed by atoms with Crippen molar-refractivity contribution in [2.24, 2.45) is 11.8 Å². The Morgan fingerprint density at radius 2 is 1.80 bits per heavy atom. The van der Waals surface area contributed by atoms with Crippen molar-refractivity contribution in [2.75, 3.05) is 13.1 Å². The van der Waals surface area contributed by atoms with E-state index in [1.54, 1.807) is 0 Å². The minimum atomic E-state index is -0.962. The molecule has 0 spiro atoms. The standard InChI is InChI=1S/C15H25NO4/c1-10(2)11-4-3-8-16(9-7-11)14(17)12-5-6-13(20-12)15(18)19/h10-13H,3-9H2,1-2H3,(H,18,19)/t11?,12-,13+/m0/s1. The Hall–Kier alpha value is -1.10. The highest BCUT2D eigenvalue weighted by molar-refractivity contribution is 5.82. The number of hydrogen-bond acceptors (Lipinski definition) is 3. The van der Waals surface area contributed by atoms with Gasteiger partial charge in [0.15, 0.2) is 6.10 Å². The SMILES string of the molecule is CC(C)C1CCCN(C(=O)[C@@H]2CC[C@H](C(=O)O)O2)CC1. The molecule has 0 radical (unpaired) electrons. The highest BCUT2D eigenvalue weighted by Crippen LogP contribution is 2.27. The summed E-state index contributed by atoms with van der Waals surface area (Å²) in [6, 6.07) is 0. The van der Waals surface area contributed by atoms with Gasteiger partial charge in [0.1, 0.15) is 6.10 Å². The lowest BCUT2D eigenvalue weighted by atomic mass is 9.89. The van der Waals surface area contributed by atoms with Gasteiger partial charge in [0.05, 0.1) is 0 Å². The van der Waals surface area contributed by atoms with Gasteiger partial charge in [-0.1, -0.05) is 13.8 Å². The van der Waals surface area contributed by atoms with Crippen molar-refractivity contribution in [3.63, 3.8) is 0 Å². The summed E-state index contributed by atoms with van der Waals surface area (Å²) in [7, 11) is 0. The molecule has 2 aliphatic rings. The highest BCUT2D eigenvalue weighted by atomic mass is 16.5. The van der Waals surface area contributed by atoms with E-state index >= 15 is 0 Å². The molecular weight excluding hydrogens is 258 g/mol. The van der Waals surface area contributed by atoms with Crippen molar-refractivity contribution in [3.8, 4) is 0 Å². The second kappa shape index (κ2) is 6.57. The number of amides is 1. The van der Waals surface area contributed by atoms with E-state index in [4.69, 9.17) is 9.84 Å². The van der Waals surface area contributed by atoms with Crippen LogP contribution in [0, 0.1) is 11.8 Å². The zero-order valence-corrected chi connectivity index (χ0v) is 12.4. The van der Waals surface area contributed by atoms with Crippen molar-refractivity contribution in [3.05, 3.63) is 0 Å². The Kier molecular flexibility index (Phi) is 5.02. The molecule has 0 saturated carbocycles. The fourth-order valence-electron chi connectivity index (χ4n) is 3.21. The zero-order valence-electron chi connectivity index (χ0n) is 12.4. The largest absolute Gasteiger partial charge is 0.479 e. The Labute approximate surface area is 120 Å². The first-order valence-corrected chi connectivity index (χ1v) is 7.66. The highest BCUT2D eigenvalue weighted by Gasteiger charge is 2.37. The maximum absolute atomic E-state index is 12.4. The zero-order chi connectivity index (χ0) is 14.7. The fraction of sp³-hybridized carbons (Fsp3) is 0.867. The number of carboxylic acid groups (broad SMARTS) is 1. The first-order valence-electron chi connectivity index (χ1n) is 7.66. The number of ether oxygens (including phenoxy) is 1. The first-order chi connectivity index (χ1) is 9.49. The van der Waals surface area contributed by atoms with Crippen LogP contribution in [0.1, 0.15) is 46.0 Å². The summed E-state index contributed by atoms with van der Waals surface area (Å²) < 4.78 is 5.36. The summed E-state index contributed by atoms with van der Waals surface area (Å²) in [5, 5.41) is 8.91. The van der Waals surface area contributed by atoms with E-state index in [9.17, 15) is 9.59 Å². The number of carbonyl (C=O) groups excluding carboxylic acids is 1. The van der Waals surface area contributed by atoms with Gasteiger partial charge >= 0.3 is 5.97 Å². The molecule has 2 heterocycles. The molecule has 1 amide bonds. The Bertz CT molecular complexity index is 369. The third-order valence-electron chi connectivity index (χ3n) is 4.60. The molecule has 1 unspecified atom stereocenters. The lowest BCUT2D eigenvalue weighted by Gasteiger charge is -2.24. The maximum atomic E-state index is 12.4. The van der Waals surface area contributed by atoms with Gasteiger partial charge in [0.25, 0.3) is 5.91 Å². The molecule has 2 saturated heterocycles. The molecule has 5 nitrogen and oxygen atoms in total. The van der Waals surface area contributed by atoms with Gasteiger partial charge < -0.3 is 14.7 Å². The third-order valence-corrected chi connectivity index (χ3v) is 4.60. The monoisotopic (exact) mass is 283 g/mol. The van der Waals surface area contributed by atoms with Crippen molar-refractivity contribution < 1.29 is 19.4 Å². The number of carbonyl (C=O) groups is 2. The van der Waals surface area contributed by atoms with Crippen LogP contribution in [0.2, 0.25) is 0 Å². The normalized spacial score (nSPS) is 31.4. The Morgan fingerprint density at radius 1 is 1.10 bits per heavy atom. The average Bonchev–Trinajstić information content (AvgIpc) is 2.76. The van der Waals surface area contributed by atoms with E-state index in [-0.39, 0.29) is 5.91 Å². The van der Waals surface area contributed by atoms with Crippen LogP contribution in [0.5, 0.6) is 0 Å². The molecule has 3 atom stereocenters. The van der Waals surface area contributed by atoms with Crippen molar-refractivity contribution in [2.45, 2.75) is 58.2 Å². The number of carboxylic acids is 1. The molecule has 2 aliphatic heterocycles. The number of nitrogens with zero attached hydrogens (tertiary/aromatic N) is 1. The topological polar surface area (TPSA) is 66.8 Å². The van der Waals surface area contributed by atoms with Crippen LogP contribution in [0.3, 0.4) is 0 Å². The van der Waals surface area contributed by atoms with Crippen LogP contribution in [0.25, 0.3) is 0 Å². The van der Waals surface area contributed by atoms with Crippen molar-refractivity contribution in [1.82, 2.24) is 4.90 Å². The molecule has 5 heteroatoms. The number of likely N-dealkylation sites (tertiary alicyclic amines) is 1. The van der Waals surface area contributed by atoms with Crippen LogP contribution in [-0.4, -0.2) is 47.2 Å². The summed E-state index contributed by atoms with van der Waals surface area (Å²) in [6.07, 6.45) is 2.85. The van der Waals surface area contributed by atoms with E-state index < -0.39 is 18.2 Å². The van der Waals surface area contributed by atoms with Gasteiger partial charge in [-0.15, -0.1) is 0 Å². The van der Waals surface area contributed by atoms with E-state index in [0.29, 0.717) is 24.7 Å². The van der Waals surface area contributed by atoms with Crippen molar-refractivity contribution in [1.29, 1.82) is 0 Å². The van der Waals surface area contributed by atoms with Gasteiger partial charge in [-0.2, -0.15) is 0 Å². The summed E-state index contributed by atoms with van der Waals surface area (Å²) in [5.74, 6) is 0.363. The lowest BCUT2D eigenvalue weighted by Crippen LogP contribution is -2.40. The van der Waals surface area contributed by atoms with Gasteiger partial charge in [-0.3, -0.25) is 4.79 Å². The third kappa shape index (κ3) is 3.51. The number of rotatable bonds is 3. The number of aliphatic carboxylic acids is 1. The average molecular weight is 283 g/mol. The summed E-state index contributed by atoms with van der Waals surface area (Å²) in [6.45, 7) is 6.03. The molecule has 0 aromatic heterocycles. The molecule has 114 valence electrons. The maximum Gasteiger partial charge on any atom is 0.332 e. The van der Waals surface area contributed by atoms with E-state index in [2.05, 4.69) is 13.8 Å². The molecule has 0 aromatic rings. The predicted molar refractivity (Wildman–Crippen MR) is 74.3 cm³/mol. The molecule has 1 N–H and O–H groups in total. The van der Waals surface area contributed by atoms with Crippen molar-refractivity contribution >= 4 is 11.9 Å². The predicted octanol–water partition coefficient (Wildman–Crippen LogP) is 1.90. The first kappa shape index (κ1) is 15.3. The number of hydrogen-bond donors (Lipinski definition) is 1. The molecule has 0 bridgehead atoms. The fourth-order valence-corrected chi connectivity index (χ4v) is 3.21. The van der Waals surface area contributed by atoms with Crippen LogP contribution < -0.4 is 0 Å². The quantitative estimate of drug-likeness (QED) is 0.859. The second-order valence-electron chi connectivity index (χ2n) is 6.29. The second-order valence-corrected chi connectivity index (χ2v) is 6.29. The molecule has 2 fully saturated rings. The van der Waals surface area contributed by atoms with Gasteiger partial charge in [0.2, 0.25) is 0 Å². The summed E-state index contributed by atoms with van der Waals surface area (Å²) >= 11 is 0. The molecule has 0 aliphatic carbocycles. The van der Waals surface area contributed by atoms with Gasteiger partial charge in [-0.25, -0.2) is 4.79 Å². The Balaban J connectivity index is 1.88. The van der Waals surface area contributed by atoms with E-state index in [1.165, 1.54) is 6.42 Å². The van der Waals surface area contributed by atoms with Crippen LogP contribution >= 0.6 is 0 Å². The Morgan fingerprint density at radius 3 is 2.40 bits per heavy atom. The lowest BCUT2D eigenvalue weighted by molar-refractivity contribution is -0.154.